The van der Waals surface area contributed by atoms with Gasteiger partial charge in [-0.3, -0.25) is 4.79 Å². The lowest BCUT2D eigenvalue weighted by Gasteiger charge is -2.10. The molecule has 4 aromatic rings. The quantitative estimate of drug-likeness (QED) is 0.335. The number of nitrogens with one attached hydrogen (secondary N) is 3. The first kappa shape index (κ1) is 21.0. The number of fused-ring (bicyclic) bond motifs is 1. The number of anilines is 2. The molecule has 0 aliphatic carbocycles. The standard InChI is InChI=1S/C22H19ClN4O3S/c23-19-7-6-17(13-18(19)20-8-3-14-9-10-24-21(14)26-20)25-22(29)15-1-4-16(5-2-15)27-31(30)12-11-28/h1-10,13,27-28H,11-12H2,(H,24,26)(H,25,29). The van der Waals surface area contributed by atoms with Gasteiger partial charge in [0, 0.05) is 34.1 Å². The van der Waals surface area contributed by atoms with Crippen LogP contribution in [0.4, 0.5) is 11.4 Å². The van der Waals surface area contributed by atoms with Crippen LogP contribution in [0.1, 0.15) is 10.4 Å². The minimum atomic E-state index is -1.37. The maximum atomic E-state index is 12.6. The summed E-state index contributed by atoms with van der Waals surface area (Å²) in [4.78, 5) is 20.3. The van der Waals surface area contributed by atoms with E-state index in [-0.39, 0.29) is 18.3 Å². The highest BCUT2D eigenvalue weighted by Gasteiger charge is 2.11. The Balaban J connectivity index is 1.51. The Morgan fingerprint density at radius 1 is 1.06 bits per heavy atom. The zero-order valence-corrected chi connectivity index (χ0v) is 17.8. The van der Waals surface area contributed by atoms with Gasteiger partial charge in [-0.2, -0.15) is 0 Å². The first-order valence-electron chi connectivity index (χ1n) is 9.45. The third-order valence-corrected chi connectivity index (χ3v) is 5.91. The van der Waals surface area contributed by atoms with Gasteiger partial charge in [0.15, 0.2) is 0 Å². The smallest absolute Gasteiger partial charge is 0.255 e. The Kier molecular flexibility index (Phi) is 6.31. The summed E-state index contributed by atoms with van der Waals surface area (Å²) in [5.41, 5.74) is 3.80. The van der Waals surface area contributed by atoms with Crippen LogP contribution in [0.3, 0.4) is 0 Å². The van der Waals surface area contributed by atoms with Crippen molar-refractivity contribution in [2.75, 3.05) is 22.4 Å². The maximum Gasteiger partial charge on any atom is 0.255 e. The zero-order valence-electron chi connectivity index (χ0n) is 16.3. The monoisotopic (exact) mass is 454 g/mol. The Bertz CT molecular complexity index is 1260. The van der Waals surface area contributed by atoms with Crippen molar-refractivity contribution in [2.45, 2.75) is 0 Å². The van der Waals surface area contributed by atoms with Crippen molar-refractivity contribution in [3.05, 3.63) is 77.4 Å². The van der Waals surface area contributed by atoms with Gasteiger partial charge in [-0.15, -0.1) is 0 Å². The molecule has 4 rings (SSSR count). The molecule has 1 amide bonds. The molecule has 0 fully saturated rings. The number of pyridine rings is 1. The van der Waals surface area contributed by atoms with E-state index in [9.17, 15) is 9.00 Å². The van der Waals surface area contributed by atoms with Gasteiger partial charge in [0.1, 0.15) is 16.6 Å². The second kappa shape index (κ2) is 9.30. The molecule has 2 aromatic carbocycles. The SMILES string of the molecule is O=C(Nc1ccc(Cl)c(-c2ccc3cc[nH]c3n2)c1)c1ccc(NS(=O)CCO)cc1. The molecule has 31 heavy (non-hydrogen) atoms. The molecule has 2 heterocycles. The van der Waals surface area contributed by atoms with Crippen LogP contribution in [-0.2, 0) is 11.0 Å². The fourth-order valence-corrected chi connectivity index (χ4v) is 3.92. The average molecular weight is 455 g/mol. The van der Waals surface area contributed by atoms with E-state index in [1.807, 2.05) is 24.4 Å². The molecule has 2 aromatic heterocycles. The lowest BCUT2D eigenvalue weighted by atomic mass is 10.1. The number of aromatic nitrogens is 2. The van der Waals surface area contributed by atoms with Gasteiger partial charge in [0.05, 0.1) is 23.1 Å². The first-order valence-corrected chi connectivity index (χ1v) is 11.1. The number of carbonyl (C=O) groups excluding carboxylic acids is 1. The van der Waals surface area contributed by atoms with Crippen LogP contribution >= 0.6 is 11.6 Å². The fraction of sp³-hybridized carbons (Fsp3) is 0.0909. The summed E-state index contributed by atoms with van der Waals surface area (Å²) in [7, 11) is -1.37. The number of H-pyrrole nitrogens is 1. The molecule has 0 saturated heterocycles. The Morgan fingerprint density at radius 3 is 2.61 bits per heavy atom. The topological polar surface area (TPSA) is 107 Å². The van der Waals surface area contributed by atoms with E-state index in [2.05, 4.69) is 20.0 Å². The third-order valence-electron chi connectivity index (χ3n) is 4.57. The second-order valence-corrected chi connectivity index (χ2v) is 8.42. The normalized spacial score (nSPS) is 11.9. The van der Waals surface area contributed by atoms with E-state index in [0.717, 1.165) is 11.0 Å². The molecule has 0 saturated carbocycles. The Morgan fingerprint density at radius 2 is 1.84 bits per heavy atom. The van der Waals surface area contributed by atoms with E-state index in [1.54, 1.807) is 42.5 Å². The highest BCUT2D eigenvalue weighted by Crippen LogP contribution is 2.30. The van der Waals surface area contributed by atoms with E-state index < -0.39 is 11.0 Å². The number of aliphatic hydroxyl groups is 1. The second-order valence-electron chi connectivity index (χ2n) is 6.71. The molecule has 0 radical (unpaired) electrons. The van der Waals surface area contributed by atoms with Crippen LogP contribution in [-0.4, -0.2) is 37.6 Å². The predicted octanol–water partition coefficient (Wildman–Crippen LogP) is 4.20. The molecule has 0 aliphatic rings. The van der Waals surface area contributed by atoms with Gasteiger partial charge in [-0.25, -0.2) is 9.19 Å². The van der Waals surface area contributed by atoms with Gasteiger partial charge < -0.3 is 20.1 Å². The van der Waals surface area contributed by atoms with Crippen molar-refractivity contribution in [3.63, 3.8) is 0 Å². The van der Waals surface area contributed by atoms with Crippen molar-refractivity contribution in [2.24, 2.45) is 0 Å². The van der Waals surface area contributed by atoms with E-state index >= 15 is 0 Å². The van der Waals surface area contributed by atoms with E-state index in [0.29, 0.717) is 33.2 Å². The number of rotatable bonds is 7. The van der Waals surface area contributed by atoms with Crippen LogP contribution in [0.2, 0.25) is 5.02 Å². The summed E-state index contributed by atoms with van der Waals surface area (Å²) in [5.74, 6) is -0.156. The van der Waals surface area contributed by atoms with Gasteiger partial charge in [-0.1, -0.05) is 11.6 Å². The van der Waals surface area contributed by atoms with Gasteiger partial charge in [0.25, 0.3) is 5.91 Å². The minimum Gasteiger partial charge on any atom is -0.395 e. The molecule has 1 unspecified atom stereocenters. The lowest BCUT2D eigenvalue weighted by molar-refractivity contribution is 0.102. The third kappa shape index (κ3) is 4.93. The van der Waals surface area contributed by atoms with Crippen LogP contribution in [0, 0.1) is 0 Å². The number of hydrogen-bond donors (Lipinski definition) is 4. The molecule has 0 spiro atoms. The van der Waals surface area contributed by atoms with Crippen LogP contribution in [0.5, 0.6) is 0 Å². The van der Waals surface area contributed by atoms with Crippen LogP contribution in [0.25, 0.3) is 22.3 Å². The van der Waals surface area contributed by atoms with Crippen molar-refractivity contribution in [1.82, 2.24) is 9.97 Å². The number of hydrogen-bond acceptors (Lipinski definition) is 4. The summed E-state index contributed by atoms with van der Waals surface area (Å²) in [5, 5.41) is 13.2. The fourth-order valence-electron chi connectivity index (χ4n) is 3.04. The minimum absolute atomic E-state index is 0.132. The average Bonchev–Trinajstić information content (AvgIpc) is 3.23. The number of aromatic amines is 1. The summed E-state index contributed by atoms with van der Waals surface area (Å²) in [6.07, 6.45) is 1.82. The molecule has 0 bridgehead atoms. The molecule has 158 valence electrons. The summed E-state index contributed by atoms with van der Waals surface area (Å²) in [6, 6.07) is 17.6. The van der Waals surface area contributed by atoms with Crippen molar-refractivity contribution in [1.29, 1.82) is 0 Å². The summed E-state index contributed by atoms with van der Waals surface area (Å²) in [6.45, 7) is -0.169. The Labute approximate surface area is 186 Å². The summed E-state index contributed by atoms with van der Waals surface area (Å²) >= 11 is 6.38. The van der Waals surface area contributed by atoms with E-state index in [4.69, 9.17) is 16.7 Å². The lowest BCUT2D eigenvalue weighted by Crippen LogP contribution is -2.13. The number of carbonyl (C=O) groups is 1. The van der Waals surface area contributed by atoms with Crippen LogP contribution in [0.15, 0.2) is 66.9 Å². The Hall–Kier alpha value is -3.20. The largest absolute Gasteiger partial charge is 0.395 e. The predicted molar refractivity (Wildman–Crippen MR) is 125 cm³/mol. The van der Waals surface area contributed by atoms with Crippen molar-refractivity contribution >= 4 is 50.9 Å². The summed E-state index contributed by atoms with van der Waals surface area (Å²) < 4.78 is 14.4. The molecular weight excluding hydrogens is 436 g/mol. The molecule has 4 N–H and O–H groups in total. The number of benzene rings is 2. The van der Waals surface area contributed by atoms with Crippen LogP contribution < -0.4 is 10.0 Å². The van der Waals surface area contributed by atoms with Gasteiger partial charge >= 0.3 is 0 Å². The van der Waals surface area contributed by atoms with Gasteiger partial charge in [0.2, 0.25) is 0 Å². The molecule has 0 aliphatic heterocycles. The number of aliphatic hydroxyl groups excluding tert-OH is 1. The highest BCUT2D eigenvalue weighted by atomic mass is 35.5. The first-order chi connectivity index (χ1) is 15.0. The number of amides is 1. The number of nitrogens with zero attached hydrogens (tertiary/aromatic N) is 1. The molecule has 1 atom stereocenters. The van der Waals surface area contributed by atoms with Crippen molar-refractivity contribution < 1.29 is 14.1 Å². The maximum absolute atomic E-state index is 12.6. The number of halogens is 1. The van der Waals surface area contributed by atoms with E-state index in [1.165, 1.54) is 0 Å². The molecular formula is C22H19ClN4O3S. The van der Waals surface area contributed by atoms with Gasteiger partial charge in [-0.05, 0) is 60.7 Å². The zero-order chi connectivity index (χ0) is 21.8. The molecule has 9 heteroatoms. The van der Waals surface area contributed by atoms with Crippen molar-refractivity contribution in [3.8, 4) is 11.3 Å². The molecule has 7 nitrogen and oxygen atoms in total. The highest BCUT2D eigenvalue weighted by molar-refractivity contribution is 7.86.